The van der Waals surface area contributed by atoms with Crippen molar-refractivity contribution < 1.29 is 9.32 Å². The van der Waals surface area contributed by atoms with Gasteiger partial charge >= 0.3 is 6.03 Å². The molecule has 20 heavy (non-hydrogen) atoms. The van der Waals surface area contributed by atoms with Gasteiger partial charge in [-0.1, -0.05) is 35.5 Å². The Bertz CT molecular complexity index is 553. The SMILES string of the molecule is Cc1noc(CCNC(=O)N(C)Cc2ccccc2)n1. The van der Waals surface area contributed by atoms with Crippen LogP contribution in [0.2, 0.25) is 0 Å². The van der Waals surface area contributed by atoms with Crippen LogP contribution in [0.15, 0.2) is 34.9 Å². The summed E-state index contributed by atoms with van der Waals surface area (Å²) in [7, 11) is 1.76. The van der Waals surface area contributed by atoms with E-state index in [0.29, 0.717) is 31.2 Å². The third kappa shape index (κ3) is 4.08. The van der Waals surface area contributed by atoms with Gasteiger partial charge in [0.15, 0.2) is 5.82 Å². The van der Waals surface area contributed by atoms with Crippen LogP contribution >= 0.6 is 0 Å². The Hall–Kier alpha value is -2.37. The molecule has 2 rings (SSSR count). The Balaban J connectivity index is 1.74. The van der Waals surface area contributed by atoms with Gasteiger partial charge in [-0.05, 0) is 12.5 Å². The molecule has 0 aliphatic heterocycles. The van der Waals surface area contributed by atoms with Crippen LogP contribution in [-0.4, -0.2) is 34.7 Å². The van der Waals surface area contributed by atoms with Crippen LogP contribution in [0.4, 0.5) is 4.79 Å². The van der Waals surface area contributed by atoms with E-state index in [1.807, 2.05) is 30.3 Å². The van der Waals surface area contributed by atoms with Gasteiger partial charge in [0.05, 0.1) is 0 Å². The van der Waals surface area contributed by atoms with Crippen LogP contribution in [0.1, 0.15) is 17.3 Å². The lowest BCUT2D eigenvalue weighted by Gasteiger charge is -2.17. The van der Waals surface area contributed by atoms with Crippen molar-refractivity contribution in [2.45, 2.75) is 19.9 Å². The smallest absolute Gasteiger partial charge is 0.317 e. The molecule has 0 saturated heterocycles. The minimum atomic E-state index is -0.120. The fourth-order valence-electron chi connectivity index (χ4n) is 1.78. The molecule has 0 bridgehead atoms. The third-order valence-electron chi connectivity index (χ3n) is 2.79. The zero-order valence-corrected chi connectivity index (χ0v) is 11.7. The van der Waals surface area contributed by atoms with Crippen LogP contribution in [-0.2, 0) is 13.0 Å². The minimum absolute atomic E-state index is 0.120. The highest BCUT2D eigenvalue weighted by Crippen LogP contribution is 2.02. The van der Waals surface area contributed by atoms with E-state index in [2.05, 4.69) is 15.5 Å². The number of aryl methyl sites for hydroxylation is 1. The lowest BCUT2D eigenvalue weighted by atomic mass is 10.2. The van der Waals surface area contributed by atoms with Crippen molar-refractivity contribution in [2.24, 2.45) is 0 Å². The Labute approximate surface area is 117 Å². The Morgan fingerprint density at radius 1 is 1.35 bits per heavy atom. The van der Waals surface area contributed by atoms with Crippen LogP contribution in [0.25, 0.3) is 0 Å². The molecule has 1 heterocycles. The van der Waals surface area contributed by atoms with Gasteiger partial charge in [0.25, 0.3) is 0 Å². The summed E-state index contributed by atoms with van der Waals surface area (Å²) in [6.07, 6.45) is 0.533. The lowest BCUT2D eigenvalue weighted by molar-refractivity contribution is 0.206. The Morgan fingerprint density at radius 3 is 2.75 bits per heavy atom. The van der Waals surface area contributed by atoms with E-state index in [1.165, 1.54) is 0 Å². The molecule has 6 heteroatoms. The summed E-state index contributed by atoms with van der Waals surface area (Å²) in [5, 5.41) is 6.52. The summed E-state index contributed by atoms with van der Waals surface area (Å²) in [5.74, 6) is 1.14. The molecule has 0 atom stereocenters. The molecule has 106 valence electrons. The van der Waals surface area contributed by atoms with Gasteiger partial charge in [-0.25, -0.2) is 4.79 Å². The maximum Gasteiger partial charge on any atom is 0.317 e. The predicted molar refractivity (Wildman–Crippen MR) is 74.0 cm³/mol. The first-order valence-corrected chi connectivity index (χ1v) is 6.47. The summed E-state index contributed by atoms with van der Waals surface area (Å²) >= 11 is 0. The maximum absolute atomic E-state index is 11.9. The van der Waals surface area contributed by atoms with Gasteiger partial charge in [-0.2, -0.15) is 4.98 Å². The molecule has 0 aliphatic carbocycles. The van der Waals surface area contributed by atoms with Gasteiger partial charge in [0.2, 0.25) is 5.89 Å². The highest BCUT2D eigenvalue weighted by Gasteiger charge is 2.09. The van der Waals surface area contributed by atoms with Crippen molar-refractivity contribution in [3.8, 4) is 0 Å². The number of hydrogen-bond acceptors (Lipinski definition) is 4. The van der Waals surface area contributed by atoms with Gasteiger partial charge < -0.3 is 14.7 Å². The second kappa shape index (κ2) is 6.70. The highest BCUT2D eigenvalue weighted by molar-refractivity contribution is 5.73. The van der Waals surface area contributed by atoms with E-state index in [1.54, 1.807) is 18.9 Å². The normalized spacial score (nSPS) is 10.3. The largest absolute Gasteiger partial charge is 0.339 e. The van der Waals surface area contributed by atoms with Crippen LogP contribution < -0.4 is 5.32 Å². The summed E-state index contributed by atoms with van der Waals surface area (Å²) < 4.78 is 4.98. The van der Waals surface area contributed by atoms with Gasteiger partial charge in [-0.15, -0.1) is 0 Å². The number of aromatic nitrogens is 2. The van der Waals surface area contributed by atoms with Gasteiger partial charge in [-0.3, -0.25) is 0 Å². The van der Waals surface area contributed by atoms with Crippen molar-refractivity contribution in [2.75, 3.05) is 13.6 Å². The Kier molecular flexibility index (Phi) is 4.70. The average Bonchev–Trinajstić information content (AvgIpc) is 2.85. The molecule has 1 aromatic carbocycles. The molecular weight excluding hydrogens is 256 g/mol. The number of amides is 2. The lowest BCUT2D eigenvalue weighted by Crippen LogP contribution is -2.37. The van der Waals surface area contributed by atoms with Crippen molar-refractivity contribution in [3.05, 3.63) is 47.6 Å². The fourth-order valence-corrected chi connectivity index (χ4v) is 1.78. The number of benzene rings is 1. The van der Waals surface area contributed by atoms with E-state index >= 15 is 0 Å². The van der Waals surface area contributed by atoms with Crippen molar-refractivity contribution >= 4 is 6.03 Å². The second-order valence-corrected chi connectivity index (χ2v) is 4.56. The van der Waals surface area contributed by atoms with E-state index in [-0.39, 0.29) is 6.03 Å². The van der Waals surface area contributed by atoms with E-state index in [9.17, 15) is 4.79 Å². The zero-order valence-electron chi connectivity index (χ0n) is 11.7. The number of hydrogen-bond donors (Lipinski definition) is 1. The predicted octanol–water partition coefficient (Wildman–Crippen LogP) is 1.76. The van der Waals surface area contributed by atoms with Crippen LogP contribution in [0, 0.1) is 6.92 Å². The topological polar surface area (TPSA) is 71.3 Å². The van der Waals surface area contributed by atoms with E-state index in [0.717, 1.165) is 5.56 Å². The summed E-state index contributed by atoms with van der Waals surface area (Å²) in [4.78, 5) is 17.6. The molecule has 0 fully saturated rings. The van der Waals surface area contributed by atoms with Crippen LogP contribution in [0.5, 0.6) is 0 Å². The molecule has 1 N–H and O–H groups in total. The molecule has 0 saturated carbocycles. The average molecular weight is 274 g/mol. The molecule has 0 unspecified atom stereocenters. The van der Waals surface area contributed by atoms with E-state index in [4.69, 9.17) is 4.52 Å². The standard InChI is InChI=1S/C14H18N4O2/c1-11-16-13(20-17-11)8-9-15-14(19)18(2)10-12-6-4-3-5-7-12/h3-7H,8-10H2,1-2H3,(H,15,19). The van der Waals surface area contributed by atoms with Crippen molar-refractivity contribution in [3.63, 3.8) is 0 Å². The number of urea groups is 1. The minimum Gasteiger partial charge on any atom is -0.339 e. The summed E-state index contributed by atoms with van der Waals surface area (Å²) in [5.41, 5.74) is 1.10. The number of rotatable bonds is 5. The monoisotopic (exact) mass is 274 g/mol. The van der Waals surface area contributed by atoms with Crippen LogP contribution in [0.3, 0.4) is 0 Å². The molecule has 0 aliphatic rings. The maximum atomic E-state index is 11.9. The number of nitrogens with one attached hydrogen (secondary N) is 1. The highest BCUT2D eigenvalue weighted by atomic mass is 16.5. The molecule has 2 aromatic rings. The summed E-state index contributed by atoms with van der Waals surface area (Å²) in [6, 6.07) is 9.73. The quantitative estimate of drug-likeness (QED) is 0.902. The van der Waals surface area contributed by atoms with Gasteiger partial charge in [0, 0.05) is 26.6 Å². The van der Waals surface area contributed by atoms with Gasteiger partial charge in [0.1, 0.15) is 0 Å². The first kappa shape index (κ1) is 14.0. The first-order valence-electron chi connectivity index (χ1n) is 6.47. The number of carbonyl (C=O) groups is 1. The van der Waals surface area contributed by atoms with Crippen molar-refractivity contribution in [1.29, 1.82) is 0 Å². The molecule has 1 aromatic heterocycles. The zero-order chi connectivity index (χ0) is 14.4. The summed E-state index contributed by atoms with van der Waals surface area (Å²) in [6.45, 7) is 2.81. The fraction of sp³-hybridized carbons (Fsp3) is 0.357. The molecule has 2 amide bonds. The molecule has 6 nitrogen and oxygen atoms in total. The number of carbonyl (C=O) groups excluding carboxylic acids is 1. The number of nitrogens with zero attached hydrogens (tertiary/aromatic N) is 3. The molecule has 0 spiro atoms. The molecule has 0 radical (unpaired) electrons. The Morgan fingerprint density at radius 2 is 2.10 bits per heavy atom. The molecular formula is C14H18N4O2. The third-order valence-corrected chi connectivity index (χ3v) is 2.79. The van der Waals surface area contributed by atoms with E-state index < -0.39 is 0 Å². The van der Waals surface area contributed by atoms with Crippen molar-refractivity contribution in [1.82, 2.24) is 20.4 Å². The first-order chi connectivity index (χ1) is 9.65. The second-order valence-electron chi connectivity index (χ2n) is 4.56.